The number of amides is 1. The Hall–Kier alpha value is -1.97. The molecule has 2 heterocycles. The number of hydrazine groups is 1. The molecule has 0 bridgehead atoms. The molecule has 0 aromatic heterocycles. The largest absolute Gasteiger partial charge is 0.352 e. The first kappa shape index (κ1) is 21.3. The van der Waals surface area contributed by atoms with E-state index < -0.39 is 10.0 Å². The minimum Gasteiger partial charge on any atom is -0.352 e. The average Bonchev–Trinajstić information content (AvgIpc) is 3.45. The van der Waals surface area contributed by atoms with Crippen molar-refractivity contribution in [1.82, 2.24) is 20.5 Å². The molecule has 2 aromatic carbocycles. The van der Waals surface area contributed by atoms with Gasteiger partial charge in [-0.2, -0.15) is 4.31 Å². The van der Waals surface area contributed by atoms with Gasteiger partial charge in [0.1, 0.15) is 0 Å². The number of benzene rings is 2. The zero-order valence-corrected chi connectivity index (χ0v) is 18.0. The zero-order valence-electron chi connectivity index (χ0n) is 16.5. The van der Waals surface area contributed by atoms with Crippen molar-refractivity contribution in [2.24, 2.45) is 5.92 Å². The van der Waals surface area contributed by atoms with Crippen LogP contribution in [0.1, 0.15) is 30.0 Å². The van der Waals surface area contributed by atoms with Crippen molar-refractivity contribution in [2.45, 2.75) is 30.3 Å². The van der Waals surface area contributed by atoms with Crippen LogP contribution < -0.4 is 16.2 Å². The molecular weight excluding hydrogens is 424 g/mol. The molecule has 7 nitrogen and oxygen atoms in total. The van der Waals surface area contributed by atoms with E-state index in [1.807, 2.05) is 24.3 Å². The van der Waals surface area contributed by atoms with Gasteiger partial charge in [0.15, 0.2) is 0 Å². The summed E-state index contributed by atoms with van der Waals surface area (Å²) in [6, 6.07) is 14.0. The Kier molecular flexibility index (Phi) is 6.40. The fourth-order valence-electron chi connectivity index (χ4n) is 3.90. The maximum atomic E-state index is 12.7. The molecule has 2 atom stereocenters. The van der Waals surface area contributed by atoms with Gasteiger partial charge in [0, 0.05) is 31.2 Å². The van der Waals surface area contributed by atoms with Crippen LogP contribution in [-0.2, 0) is 21.4 Å². The number of nitrogens with one attached hydrogen (secondary N) is 3. The molecular formula is C21H25ClN4O3S. The average molecular weight is 449 g/mol. The molecule has 0 spiro atoms. The molecule has 9 heteroatoms. The summed E-state index contributed by atoms with van der Waals surface area (Å²) in [4.78, 5) is 13.0. The van der Waals surface area contributed by atoms with Gasteiger partial charge in [-0.1, -0.05) is 35.9 Å². The molecule has 2 fully saturated rings. The molecule has 0 aliphatic carbocycles. The molecule has 2 aliphatic heterocycles. The lowest BCUT2D eigenvalue weighted by Crippen LogP contribution is -2.34. The lowest BCUT2D eigenvalue weighted by molar-refractivity contribution is -0.125. The van der Waals surface area contributed by atoms with Crippen LogP contribution in [0.3, 0.4) is 0 Å². The minimum absolute atomic E-state index is 0.0683. The Morgan fingerprint density at radius 2 is 1.73 bits per heavy atom. The normalized spacial score (nSPS) is 22.3. The first-order valence-corrected chi connectivity index (χ1v) is 11.9. The fraction of sp³-hybridized carbons (Fsp3) is 0.381. The van der Waals surface area contributed by atoms with Crippen LogP contribution in [0.2, 0.25) is 5.02 Å². The third-order valence-corrected chi connectivity index (χ3v) is 7.81. The second-order valence-electron chi connectivity index (χ2n) is 7.63. The summed E-state index contributed by atoms with van der Waals surface area (Å²) < 4.78 is 26.8. The van der Waals surface area contributed by atoms with Gasteiger partial charge in [-0.05, 0) is 48.2 Å². The Balaban J connectivity index is 1.37. The summed E-state index contributed by atoms with van der Waals surface area (Å²) in [5, 5.41) is 3.61. The Bertz CT molecular complexity index is 990. The number of rotatable bonds is 6. The van der Waals surface area contributed by atoms with Crippen LogP contribution in [0.25, 0.3) is 0 Å². The smallest absolute Gasteiger partial charge is 0.243 e. The highest BCUT2D eigenvalue weighted by molar-refractivity contribution is 7.89. The van der Waals surface area contributed by atoms with Crippen LogP contribution in [0.4, 0.5) is 0 Å². The highest BCUT2D eigenvalue weighted by atomic mass is 35.5. The molecule has 30 heavy (non-hydrogen) atoms. The van der Waals surface area contributed by atoms with Crippen molar-refractivity contribution in [3.05, 3.63) is 64.7 Å². The molecule has 2 aliphatic rings. The summed E-state index contributed by atoms with van der Waals surface area (Å²) in [6.45, 7) is 2.02. The quantitative estimate of drug-likeness (QED) is 0.630. The minimum atomic E-state index is -3.42. The summed E-state index contributed by atoms with van der Waals surface area (Å²) >= 11 is 5.96. The maximum absolute atomic E-state index is 12.7. The van der Waals surface area contributed by atoms with Gasteiger partial charge >= 0.3 is 0 Å². The van der Waals surface area contributed by atoms with Crippen molar-refractivity contribution in [2.75, 3.05) is 19.6 Å². The van der Waals surface area contributed by atoms with E-state index in [1.165, 1.54) is 4.31 Å². The number of hydrogen-bond donors (Lipinski definition) is 3. The SMILES string of the molecule is O=C(NCc1ccc(S(=O)(=O)N2CCCC2)cc1)C1CNNC1c1ccc(Cl)cc1. The van der Waals surface area contributed by atoms with E-state index in [0.29, 0.717) is 36.1 Å². The van der Waals surface area contributed by atoms with Crippen molar-refractivity contribution < 1.29 is 13.2 Å². The third kappa shape index (κ3) is 4.53. The topological polar surface area (TPSA) is 90.5 Å². The number of carbonyl (C=O) groups excluding carboxylic acids is 1. The Morgan fingerprint density at radius 3 is 2.40 bits per heavy atom. The number of nitrogens with zero attached hydrogens (tertiary/aromatic N) is 1. The van der Waals surface area contributed by atoms with E-state index in [0.717, 1.165) is 24.0 Å². The fourth-order valence-corrected chi connectivity index (χ4v) is 5.55. The van der Waals surface area contributed by atoms with E-state index in [4.69, 9.17) is 11.6 Å². The second-order valence-corrected chi connectivity index (χ2v) is 10.0. The van der Waals surface area contributed by atoms with Gasteiger partial charge in [-0.25, -0.2) is 13.8 Å². The van der Waals surface area contributed by atoms with Gasteiger partial charge in [-0.3, -0.25) is 10.2 Å². The van der Waals surface area contributed by atoms with Crippen LogP contribution in [-0.4, -0.2) is 38.3 Å². The van der Waals surface area contributed by atoms with E-state index in [9.17, 15) is 13.2 Å². The van der Waals surface area contributed by atoms with Crippen molar-refractivity contribution >= 4 is 27.5 Å². The summed E-state index contributed by atoms with van der Waals surface area (Å²) in [7, 11) is -3.42. The molecule has 0 saturated carbocycles. The van der Waals surface area contributed by atoms with Crippen LogP contribution in [0.15, 0.2) is 53.4 Å². The van der Waals surface area contributed by atoms with E-state index in [-0.39, 0.29) is 17.9 Å². The molecule has 2 unspecified atom stereocenters. The van der Waals surface area contributed by atoms with Gasteiger partial charge in [0.25, 0.3) is 0 Å². The maximum Gasteiger partial charge on any atom is 0.243 e. The monoisotopic (exact) mass is 448 g/mol. The molecule has 3 N–H and O–H groups in total. The van der Waals surface area contributed by atoms with Crippen LogP contribution in [0, 0.1) is 5.92 Å². The predicted octanol–water partition coefficient (Wildman–Crippen LogP) is 2.21. The molecule has 4 rings (SSSR count). The van der Waals surface area contributed by atoms with E-state index >= 15 is 0 Å². The van der Waals surface area contributed by atoms with E-state index in [2.05, 4.69) is 16.2 Å². The first-order chi connectivity index (χ1) is 14.4. The number of carbonyl (C=O) groups is 1. The lowest BCUT2D eigenvalue weighted by atomic mass is 9.94. The van der Waals surface area contributed by atoms with Crippen molar-refractivity contribution in [3.63, 3.8) is 0 Å². The van der Waals surface area contributed by atoms with Crippen molar-refractivity contribution in [3.8, 4) is 0 Å². The highest BCUT2D eigenvalue weighted by Crippen LogP contribution is 2.26. The highest BCUT2D eigenvalue weighted by Gasteiger charge is 2.33. The first-order valence-electron chi connectivity index (χ1n) is 10.1. The molecule has 160 valence electrons. The Morgan fingerprint density at radius 1 is 1.07 bits per heavy atom. The summed E-state index contributed by atoms with van der Waals surface area (Å²) in [5.74, 6) is -0.331. The third-order valence-electron chi connectivity index (χ3n) is 5.64. The Labute approximate surface area is 181 Å². The molecule has 1 amide bonds. The van der Waals surface area contributed by atoms with Crippen LogP contribution >= 0.6 is 11.6 Å². The van der Waals surface area contributed by atoms with Gasteiger partial charge < -0.3 is 5.32 Å². The number of halogens is 1. The molecule has 0 radical (unpaired) electrons. The van der Waals surface area contributed by atoms with Crippen LogP contribution in [0.5, 0.6) is 0 Å². The summed E-state index contributed by atoms with van der Waals surface area (Å²) in [6.07, 6.45) is 1.82. The number of sulfonamides is 1. The van der Waals surface area contributed by atoms with E-state index in [1.54, 1.807) is 24.3 Å². The second kappa shape index (κ2) is 9.03. The van der Waals surface area contributed by atoms with Crippen molar-refractivity contribution in [1.29, 1.82) is 0 Å². The predicted molar refractivity (Wildman–Crippen MR) is 115 cm³/mol. The zero-order chi connectivity index (χ0) is 21.1. The van der Waals surface area contributed by atoms with Gasteiger partial charge in [0.2, 0.25) is 15.9 Å². The summed E-state index contributed by atoms with van der Waals surface area (Å²) in [5.41, 5.74) is 8.04. The standard InChI is InChI=1S/C21H25ClN4O3S/c22-17-7-5-16(6-8-17)20-19(14-24-25-20)21(27)23-13-15-3-9-18(10-4-15)30(28,29)26-11-1-2-12-26/h3-10,19-20,24-25H,1-2,11-14H2,(H,23,27). The molecule has 2 saturated heterocycles. The number of hydrogen-bond acceptors (Lipinski definition) is 5. The molecule has 2 aromatic rings. The van der Waals surface area contributed by atoms with Gasteiger partial charge in [-0.15, -0.1) is 0 Å². The lowest BCUT2D eigenvalue weighted by Gasteiger charge is -2.19. The van der Waals surface area contributed by atoms with Gasteiger partial charge in [0.05, 0.1) is 16.9 Å².